The van der Waals surface area contributed by atoms with Crippen molar-refractivity contribution in [3.05, 3.63) is 66.0 Å². The summed E-state index contributed by atoms with van der Waals surface area (Å²) in [5.74, 6) is 0. The maximum absolute atomic E-state index is 13.3. The number of imidazole rings is 1. The number of carbonyl (C=O) groups excluding carboxylic acids is 1. The number of allylic oxidation sites excluding steroid dienone is 2. The number of amides is 1. The number of hydrogen-bond donors (Lipinski definition) is 0. The lowest BCUT2D eigenvalue weighted by molar-refractivity contribution is -0.708. The predicted octanol–water partition coefficient (Wildman–Crippen LogP) is 3.98. The third kappa shape index (κ3) is 2.83. The van der Waals surface area contributed by atoms with E-state index in [9.17, 15) is 4.79 Å². The van der Waals surface area contributed by atoms with Gasteiger partial charge in [-0.2, -0.15) is 4.48 Å². The molecule has 1 aliphatic heterocycles. The standard InChI is InChI=1S/C19H23N4O/c1-3-12-23(19(24)22-11-10-20-14-22)15-21-17(4-2)18(23)13-16-8-6-5-7-9-16/h5-11,14-15H,3-4,12-13H2,1-2H3/q+1. The lowest BCUT2D eigenvalue weighted by Crippen LogP contribution is -2.52. The van der Waals surface area contributed by atoms with Gasteiger partial charge in [0, 0.05) is 12.4 Å². The number of aromatic nitrogens is 2. The maximum atomic E-state index is 13.3. The Balaban J connectivity index is 2.05. The Labute approximate surface area is 142 Å². The smallest absolute Gasteiger partial charge is 0.245 e. The molecule has 0 aliphatic carbocycles. The fourth-order valence-corrected chi connectivity index (χ4v) is 3.25. The van der Waals surface area contributed by atoms with Crippen molar-refractivity contribution in [2.75, 3.05) is 6.54 Å². The Hall–Kier alpha value is -2.53. The second-order valence-electron chi connectivity index (χ2n) is 6.00. The number of carbonyl (C=O) groups is 1. The van der Waals surface area contributed by atoms with Gasteiger partial charge < -0.3 is 0 Å². The largest absolute Gasteiger partial charge is 0.439 e. The molecule has 1 aliphatic rings. The molecule has 0 saturated carbocycles. The Morgan fingerprint density at radius 3 is 2.62 bits per heavy atom. The second kappa shape index (κ2) is 6.93. The first-order valence-electron chi connectivity index (χ1n) is 8.43. The summed E-state index contributed by atoms with van der Waals surface area (Å²) in [6.07, 6.45) is 9.15. The molecule has 1 atom stereocenters. The normalized spacial score (nSPS) is 19.9. The van der Waals surface area contributed by atoms with E-state index >= 15 is 0 Å². The summed E-state index contributed by atoms with van der Waals surface area (Å²) in [5.41, 5.74) is 3.28. The van der Waals surface area contributed by atoms with Crippen LogP contribution in [-0.2, 0) is 6.42 Å². The van der Waals surface area contributed by atoms with Crippen LogP contribution in [0.5, 0.6) is 0 Å². The van der Waals surface area contributed by atoms with Crippen LogP contribution >= 0.6 is 0 Å². The molecule has 0 N–H and O–H groups in total. The minimum atomic E-state index is -0.0209. The summed E-state index contributed by atoms with van der Waals surface area (Å²) in [6, 6.07) is 10.2. The molecule has 2 aromatic rings. The third-order valence-corrected chi connectivity index (χ3v) is 4.42. The van der Waals surface area contributed by atoms with E-state index in [0.717, 1.165) is 30.7 Å². The zero-order valence-corrected chi connectivity index (χ0v) is 14.2. The molecule has 1 unspecified atom stereocenters. The fraction of sp³-hybridized carbons (Fsp3) is 0.316. The Kier molecular flexibility index (Phi) is 4.71. The summed E-state index contributed by atoms with van der Waals surface area (Å²) in [6.45, 7) is 4.89. The zero-order chi connectivity index (χ0) is 17.0. The Morgan fingerprint density at radius 2 is 2.00 bits per heavy atom. The molecule has 2 heterocycles. The van der Waals surface area contributed by atoms with Crippen LogP contribution in [0.4, 0.5) is 4.79 Å². The average molecular weight is 323 g/mol. The van der Waals surface area contributed by atoms with E-state index in [2.05, 4.69) is 36.0 Å². The summed E-state index contributed by atoms with van der Waals surface area (Å²) < 4.78 is 1.72. The highest BCUT2D eigenvalue weighted by molar-refractivity contribution is 5.81. The lowest BCUT2D eigenvalue weighted by Gasteiger charge is -2.29. The van der Waals surface area contributed by atoms with Gasteiger partial charge in [0.1, 0.15) is 12.0 Å². The predicted molar refractivity (Wildman–Crippen MR) is 94.4 cm³/mol. The van der Waals surface area contributed by atoms with E-state index in [4.69, 9.17) is 0 Å². The van der Waals surface area contributed by atoms with E-state index in [1.807, 2.05) is 24.5 Å². The molecule has 3 rings (SSSR count). The van der Waals surface area contributed by atoms with Gasteiger partial charge in [0.2, 0.25) is 6.34 Å². The van der Waals surface area contributed by atoms with Crippen molar-refractivity contribution in [1.29, 1.82) is 0 Å². The number of benzene rings is 1. The van der Waals surface area contributed by atoms with Gasteiger partial charge in [-0.15, -0.1) is 0 Å². The van der Waals surface area contributed by atoms with Crippen LogP contribution < -0.4 is 0 Å². The highest BCUT2D eigenvalue weighted by Gasteiger charge is 2.45. The van der Waals surface area contributed by atoms with Crippen molar-refractivity contribution in [2.24, 2.45) is 4.99 Å². The number of quaternary nitrogens is 1. The van der Waals surface area contributed by atoms with Gasteiger partial charge in [-0.3, -0.25) is 0 Å². The zero-order valence-electron chi connectivity index (χ0n) is 14.2. The highest BCUT2D eigenvalue weighted by atomic mass is 16.2. The van der Waals surface area contributed by atoms with Crippen LogP contribution in [0.2, 0.25) is 0 Å². The Morgan fingerprint density at radius 1 is 1.21 bits per heavy atom. The number of aliphatic imine (C=N–C) groups is 1. The SMILES string of the molecule is CCC[N+]1(C(=O)n2ccnc2)C=NC(CC)=C1Cc1ccccc1. The molecule has 0 bridgehead atoms. The van der Waals surface area contributed by atoms with E-state index in [-0.39, 0.29) is 10.5 Å². The lowest BCUT2D eigenvalue weighted by atomic mass is 10.1. The van der Waals surface area contributed by atoms with Gasteiger partial charge in [0.05, 0.1) is 13.0 Å². The summed E-state index contributed by atoms with van der Waals surface area (Å²) in [7, 11) is 0. The van der Waals surface area contributed by atoms with E-state index in [0.29, 0.717) is 6.54 Å². The molecule has 0 fully saturated rings. The molecule has 0 radical (unpaired) electrons. The first kappa shape index (κ1) is 16.3. The van der Waals surface area contributed by atoms with Gasteiger partial charge in [-0.25, -0.2) is 19.3 Å². The van der Waals surface area contributed by atoms with Crippen LogP contribution in [-0.4, -0.2) is 32.9 Å². The highest BCUT2D eigenvalue weighted by Crippen LogP contribution is 2.32. The van der Waals surface area contributed by atoms with Gasteiger partial charge in [-0.1, -0.05) is 44.2 Å². The molecule has 0 spiro atoms. The van der Waals surface area contributed by atoms with Gasteiger partial charge in [0.15, 0.2) is 5.70 Å². The van der Waals surface area contributed by atoms with Gasteiger partial charge >= 0.3 is 6.03 Å². The molecule has 124 valence electrons. The van der Waals surface area contributed by atoms with Crippen molar-refractivity contribution in [3.63, 3.8) is 0 Å². The van der Waals surface area contributed by atoms with E-state index < -0.39 is 0 Å². The van der Waals surface area contributed by atoms with E-state index in [1.54, 1.807) is 23.3 Å². The topological polar surface area (TPSA) is 47.2 Å². The van der Waals surface area contributed by atoms with Crippen LogP contribution in [0.15, 0.2) is 65.4 Å². The number of nitrogens with zero attached hydrogens (tertiary/aromatic N) is 4. The molecular weight excluding hydrogens is 300 g/mol. The minimum absolute atomic E-state index is 0.0209. The van der Waals surface area contributed by atoms with Crippen LogP contribution in [0.1, 0.15) is 32.3 Å². The van der Waals surface area contributed by atoms with Crippen molar-refractivity contribution in [1.82, 2.24) is 9.55 Å². The molecule has 24 heavy (non-hydrogen) atoms. The van der Waals surface area contributed by atoms with Crippen molar-refractivity contribution < 1.29 is 9.28 Å². The first-order valence-corrected chi connectivity index (χ1v) is 8.43. The summed E-state index contributed by atoms with van der Waals surface area (Å²) in [5, 5.41) is 0. The van der Waals surface area contributed by atoms with E-state index in [1.165, 1.54) is 5.56 Å². The fourth-order valence-electron chi connectivity index (χ4n) is 3.25. The van der Waals surface area contributed by atoms with Crippen molar-refractivity contribution in [2.45, 2.75) is 33.1 Å². The van der Waals surface area contributed by atoms with Crippen LogP contribution in [0.25, 0.3) is 0 Å². The molecule has 1 aromatic carbocycles. The first-order chi connectivity index (χ1) is 11.7. The van der Waals surface area contributed by atoms with Gasteiger partial charge in [0.25, 0.3) is 0 Å². The Bertz CT molecular complexity index is 762. The second-order valence-corrected chi connectivity index (χ2v) is 6.00. The van der Waals surface area contributed by atoms with Crippen molar-refractivity contribution in [3.8, 4) is 0 Å². The average Bonchev–Trinajstić information content (AvgIpc) is 3.25. The quantitative estimate of drug-likeness (QED) is 0.781. The van der Waals surface area contributed by atoms with Gasteiger partial charge in [-0.05, 0) is 18.4 Å². The molecule has 5 nitrogen and oxygen atoms in total. The molecule has 5 heteroatoms. The monoisotopic (exact) mass is 323 g/mol. The minimum Gasteiger partial charge on any atom is -0.245 e. The molecule has 1 aromatic heterocycles. The molecular formula is C19H23N4O+. The molecule has 0 saturated heterocycles. The van der Waals surface area contributed by atoms with Crippen molar-refractivity contribution >= 4 is 12.4 Å². The maximum Gasteiger partial charge on any atom is 0.439 e. The molecule has 1 amide bonds. The van der Waals surface area contributed by atoms with Crippen LogP contribution in [0.3, 0.4) is 0 Å². The number of hydrogen-bond acceptors (Lipinski definition) is 3. The summed E-state index contributed by atoms with van der Waals surface area (Å²) >= 11 is 0. The van der Waals surface area contributed by atoms with Crippen LogP contribution in [0, 0.1) is 0 Å². The summed E-state index contributed by atoms with van der Waals surface area (Å²) in [4.78, 5) is 21.9. The number of rotatable bonds is 5. The third-order valence-electron chi connectivity index (χ3n) is 4.42.